The molecule has 0 saturated carbocycles. The highest BCUT2D eigenvalue weighted by atomic mass is 16.1. The van der Waals surface area contributed by atoms with Gasteiger partial charge >= 0.3 is 0 Å². The molecule has 0 atom stereocenters. The number of aldehydes is 1. The number of aromatic nitrogens is 1. The first kappa shape index (κ1) is 12.4. The smallest absolute Gasteiger partial charge is 0.182 e. The second kappa shape index (κ2) is 5.13. The second-order valence-corrected chi connectivity index (χ2v) is 4.64. The summed E-state index contributed by atoms with van der Waals surface area (Å²) in [6.07, 6.45) is 2.56. The summed E-state index contributed by atoms with van der Waals surface area (Å²) < 4.78 is 1.83. The Morgan fingerprint density at radius 1 is 1.00 bits per heavy atom. The van der Waals surface area contributed by atoms with E-state index in [9.17, 15) is 9.59 Å². The van der Waals surface area contributed by atoms with Crippen molar-refractivity contribution in [3.05, 3.63) is 71.9 Å². The maximum atomic E-state index is 12.2. The SMILES string of the molecule is O=Cc1cn(CC(=O)c2ccccc2)c2ccccc12. The van der Waals surface area contributed by atoms with Gasteiger partial charge in [0.1, 0.15) is 0 Å². The van der Waals surface area contributed by atoms with Crippen LogP contribution >= 0.6 is 0 Å². The van der Waals surface area contributed by atoms with Gasteiger partial charge in [-0.1, -0.05) is 48.5 Å². The van der Waals surface area contributed by atoms with E-state index in [0.717, 1.165) is 17.2 Å². The van der Waals surface area contributed by atoms with Crippen molar-refractivity contribution in [2.75, 3.05) is 0 Å². The third-order valence-electron chi connectivity index (χ3n) is 3.36. The summed E-state index contributed by atoms with van der Waals surface area (Å²) in [4.78, 5) is 23.3. The van der Waals surface area contributed by atoms with E-state index in [4.69, 9.17) is 0 Å². The standard InChI is InChI=1S/C17H13NO2/c19-12-14-10-18(16-9-5-4-8-15(14)16)11-17(20)13-6-2-1-3-7-13/h1-10,12H,11H2. The molecule has 3 rings (SSSR count). The van der Waals surface area contributed by atoms with Gasteiger partial charge in [-0.3, -0.25) is 9.59 Å². The number of rotatable bonds is 4. The molecular formula is C17H13NO2. The maximum Gasteiger partial charge on any atom is 0.182 e. The highest BCUT2D eigenvalue weighted by Gasteiger charge is 2.11. The lowest BCUT2D eigenvalue weighted by Crippen LogP contribution is -2.09. The zero-order chi connectivity index (χ0) is 13.9. The van der Waals surface area contributed by atoms with Crippen LogP contribution in [0.4, 0.5) is 0 Å². The van der Waals surface area contributed by atoms with Crippen LogP contribution in [-0.2, 0) is 6.54 Å². The summed E-state index contributed by atoms with van der Waals surface area (Å²) in [5.41, 5.74) is 2.19. The predicted octanol–water partition coefficient (Wildman–Crippen LogP) is 3.34. The summed E-state index contributed by atoms with van der Waals surface area (Å²) in [7, 11) is 0. The van der Waals surface area contributed by atoms with Gasteiger partial charge < -0.3 is 4.57 Å². The minimum atomic E-state index is 0.0313. The minimum Gasteiger partial charge on any atom is -0.339 e. The monoisotopic (exact) mass is 263 g/mol. The number of hydrogen-bond acceptors (Lipinski definition) is 2. The Hall–Kier alpha value is -2.68. The summed E-state index contributed by atoms with van der Waals surface area (Å²) in [6, 6.07) is 16.8. The van der Waals surface area contributed by atoms with Crippen molar-refractivity contribution in [2.45, 2.75) is 6.54 Å². The van der Waals surface area contributed by atoms with Crippen LogP contribution in [-0.4, -0.2) is 16.6 Å². The molecule has 0 radical (unpaired) electrons. The van der Waals surface area contributed by atoms with E-state index >= 15 is 0 Å². The summed E-state index contributed by atoms with van der Waals surface area (Å²) in [6.45, 7) is 0.234. The molecule has 3 heteroatoms. The molecule has 0 aliphatic heterocycles. The van der Waals surface area contributed by atoms with Gasteiger partial charge in [0, 0.05) is 28.2 Å². The van der Waals surface area contributed by atoms with Crippen molar-refractivity contribution >= 4 is 23.0 Å². The first-order valence-corrected chi connectivity index (χ1v) is 6.41. The van der Waals surface area contributed by atoms with Gasteiger partial charge in [-0.2, -0.15) is 0 Å². The summed E-state index contributed by atoms with van der Waals surface area (Å²) in [5, 5.41) is 0.878. The van der Waals surface area contributed by atoms with Crippen LogP contribution in [0, 0.1) is 0 Å². The number of fused-ring (bicyclic) bond motifs is 1. The third-order valence-corrected chi connectivity index (χ3v) is 3.36. The lowest BCUT2D eigenvalue weighted by molar-refractivity contribution is 0.0972. The zero-order valence-electron chi connectivity index (χ0n) is 10.8. The largest absolute Gasteiger partial charge is 0.339 e. The number of benzene rings is 2. The molecule has 3 nitrogen and oxygen atoms in total. The molecule has 0 aliphatic carbocycles. The minimum absolute atomic E-state index is 0.0313. The third kappa shape index (κ3) is 2.14. The van der Waals surface area contributed by atoms with E-state index in [1.807, 2.05) is 47.0 Å². The van der Waals surface area contributed by atoms with Crippen molar-refractivity contribution in [2.24, 2.45) is 0 Å². The Bertz CT molecular complexity index is 772. The zero-order valence-corrected chi connectivity index (χ0v) is 10.8. The highest BCUT2D eigenvalue weighted by molar-refractivity contribution is 6.00. The van der Waals surface area contributed by atoms with Gasteiger partial charge in [-0.25, -0.2) is 0 Å². The molecule has 0 fully saturated rings. The molecule has 0 bridgehead atoms. The topological polar surface area (TPSA) is 39.1 Å². The number of carbonyl (C=O) groups excluding carboxylic acids is 2. The number of hydrogen-bond donors (Lipinski definition) is 0. The fraction of sp³-hybridized carbons (Fsp3) is 0.0588. The molecule has 3 aromatic rings. The van der Waals surface area contributed by atoms with Crippen molar-refractivity contribution in [3.8, 4) is 0 Å². The Morgan fingerprint density at radius 3 is 2.45 bits per heavy atom. The van der Waals surface area contributed by atoms with Gasteiger partial charge in [-0.15, -0.1) is 0 Å². The van der Waals surface area contributed by atoms with Crippen LogP contribution in [0.5, 0.6) is 0 Å². The molecule has 1 aromatic heterocycles. The molecule has 0 saturated heterocycles. The molecule has 0 N–H and O–H groups in total. The number of para-hydroxylation sites is 1. The van der Waals surface area contributed by atoms with Crippen molar-refractivity contribution in [1.82, 2.24) is 4.57 Å². The van der Waals surface area contributed by atoms with Crippen LogP contribution in [0.1, 0.15) is 20.7 Å². The van der Waals surface area contributed by atoms with E-state index in [1.165, 1.54) is 0 Å². The lowest BCUT2D eigenvalue weighted by Gasteiger charge is -2.04. The first-order chi connectivity index (χ1) is 9.79. The van der Waals surface area contributed by atoms with Gasteiger partial charge in [0.15, 0.2) is 12.1 Å². The highest BCUT2D eigenvalue weighted by Crippen LogP contribution is 2.20. The van der Waals surface area contributed by atoms with Crippen molar-refractivity contribution in [3.63, 3.8) is 0 Å². The quantitative estimate of drug-likeness (QED) is 0.535. The molecule has 98 valence electrons. The summed E-state index contributed by atoms with van der Waals surface area (Å²) >= 11 is 0. The summed E-state index contributed by atoms with van der Waals surface area (Å²) in [5.74, 6) is 0.0313. The Balaban J connectivity index is 1.99. The molecule has 1 heterocycles. The average molecular weight is 263 g/mol. The van der Waals surface area contributed by atoms with E-state index in [0.29, 0.717) is 11.1 Å². The Labute approximate surface area is 116 Å². The molecule has 0 spiro atoms. The van der Waals surface area contributed by atoms with E-state index in [-0.39, 0.29) is 12.3 Å². The van der Waals surface area contributed by atoms with Crippen molar-refractivity contribution < 1.29 is 9.59 Å². The van der Waals surface area contributed by atoms with Crippen LogP contribution in [0.25, 0.3) is 10.9 Å². The van der Waals surface area contributed by atoms with Gasteiger partial charge in [0.05, 0.1) is 6.54 Å². The first-order valence-electron chi connectivity index (χ1n) is 6.41. The average Bonchev–Trinajstić information content (AvgIpc) is 2.86. The number of nitrogens with zero attached hydrogens (tertiary/aromatic N) is 1. The molecule has 0 aliphatic rings. The van der Waals surface area contributed by atoms with E-state index in [2.05, 4.69) is 0 Å². The fourth-order valence-corrected chi connectivity index (χ4v) is 2.37. The van der Waals surface area contributed by atoms with Crippen LogP contribution in [0.3, 0.4) is 0 Å². The Morgan fingerprint density at radius 2 is 1.70 bits per heavy atom. The maximum absolute atomic E-state index is 12.2. The molecule has 0 amide bonds. The normalized spacial score (nSPS) is 10.6. The fourth-order valence-electron chi connectivity index (χ4n) is 2.37. The predicted molar refractivity (Wildman–Crippen MR) is 78.1 cm³/mol. The Kier molecular flexibility index (Phi) is 3.17. The van der Waals surface area contributed by atoms with Gasteiger partial charge in [0.25, 0.3) is 0 Å². The number of Topliss-reactive ketones (excluding diaryl/α,β-unsaturated/α-hetero) is 1. The van der Waals surface area contributed by atoms with Gasteiger partial charge in [0.2, 0.25) is 0 Å². The molecule has 0 unspecified atom stereocenters. The van der Waals surface area contributed by atoms with Crippen LogP contribution in [0.15, 0.2) is 60.8 Å². The number of ketones is 1. The molecular weight excluding hydrogens is 250 g/mol. The van der Waals surface area contributed by atoms with Crippen LogP contribution < -0.4 is 0 Å². The second-order valence-electron chi connectivity index (χ2n) is 4.64. The van der Waals surface area contributed by atoms with E-state index < -0.39 is 0 Å². The van der Waals surface area contributed by atoms with Crippen molar-refractivity contribution in [1.29, 1.82) is 0 Å². The van der Waals surface area contributed by atoms with E-state index in [1.54, 1.807) is 18.3 Å². The van der Waals surface area contributed by atoms with Crippen LogP contribution in [0.2, 0.25) is 0 Å². The van der Waals surface area contributed by atoms with Gasteiger partial charge in [-0.05, 0) is 6.07 Å². The molecule has 20 heavy (non-hydrogen) atoms. The lowest BCUT2D eigenvalue weighted by atomic mass is 10.1. The molecule has 2 aromatic carbocycles. The number of carbonyl (C=O) groups is 2.